The van der Waals surface area contributed by atoms with E-state index < -0.39 is 6.03 Å². The number of hydrogen-bond acceptors (Lipinski definition) is 4. The average molecular weight is 341 g/mol. The molecule has 1 atom stereocenters. The van der Waals surface area contributed by atoms with E-state index in [-0.39, 0.29) is 30.9 Å². The number of amides is 4. The molecule has 3 rings (SSSR count). The number of benzene rings is 1. The number of rotatable bonds is 6. The molecule has 2 N–H and O–H groups in total. The first-order valence-electron chi connectivity index (χ1n) is 7.96. The highest BCUT2D eigenvalue weighted by atomic mass is 16.2. The number of aromatic nitrogens is 2. The summed E-state index contributed by atoms with van der Waals surface area (Å²) in [6.07, 6.45) is 5.22. The summed E-state index contributed by atoms with van der Waals surface area (Å²) < 4.78 is 1.89. The summed E-state index contributed by atoms with van der Waals surface area (Å²) in [4.78, 5) is 40.8. The van der Waals surface area contributed by atoms with E-state index in [0.29, 0.717) is 12.1 Å². The second kappa shape index (κ2) is 7.16. The number of carbonyl (C=O) groups excluding carboxylic acids is 3. The number of carbonyl (C=O) groups is 3. The Bertz CT molecular complexity index is 771. The van der Waals surface area contributed by atoms with Crippen molar-refractivity contribution in [3.8, 4) is 0 Å². The van der Waals surface area contributed by atoms with Crippen LogP contribution in [0.3, 0.4) is 0 Å². The number of nitrogens with one attached hydrogen (secondary N) is 2. The third-order valence-corrected chi connectivity index (χ3v) is 3.89. The highest BCUT2D eigenvalue weighted by molar-refractivity contribution is 6.02. The van der Waals surface area contributed by atoms with Crippen LogP contribution in [0.5, 0.6) is 0 Å². The molecule has 0 radical (unpaired) electrons. The zero-order valence-corrected chi connectivity index (χ0v) is 13.8. The molecular formula is C17H19N5O3. The van der Waals surface area contributed by atoms with Gasteiger partial charge in [0.25, 0.3) is 5.91 Å². The Morgan fingerprint density at radius 1 is 1.40 bits per heavy atom. The lowest BCUT2D eigenvalue weighted by atomic mass is 10.1. The van der Waals surface area contributed by atoms with Crippen molar-refractivity contribution in [3.05, 3.63) is 54.1 Å². The Balaban J connectivity index is 1.63. The van der Waals surface area contributed by atoms with Gasteiger partial charge < -0.3 is 15.2 Å². The van der Waals surface area contributed by atoms with E-state index in [1.54, 1.807) is 36.8 Å². The fraction of sp³-hybridized carbons (Fsp3) is 0.294. The third kappa shape index (κ3) is 4.03. The van der Waals surface area contributed by atoms with Crippen LogP contribution in [0.2, 0.25) is 0 Å². The quantitative estimate of drug-likeness (QED) is 0.758. The van der Waals surface area contributed by atoms with Gasteiger partial charge in [0.1, 0.15) is 0 Å². The Morgan fingerprint density at radius 3 is 2.92 bits per heavy atom. The van der Waals surface area contributed by atoms with E-state index in [4.69, 9.17) is 0 Å². The van der Waals surface area contributed by atoms with E-state index in [0.717, 1.165) is 10.5 Å². The molecule has 1 aliphatic rings. The molecule has 1 aliphatic heterocycles. The summed E-state index contributed by atoms with van der Waals surface area (Å²) in [5.74, 6) is -0.472. The minimum Gasteiger partial charge on any atom is -0.348 e. The van der Waals surface area contributed by atoms with Crippen molar-refractivity contribution >= 4 is 17.8 Å². The van der Waals surface area contributed by atoms with Gasteiger partial charge in [0.15, 0.2) is 0 Å². The highest BCUT2D eigenvalue weighted by Gasteiger charge is 2.28. The van der Waals surface area contributed by atoms with Crippen molar-refractivity contribution in [2.24, 2.45) is 0 Å². The molecule has 1 aromatic heterocycles. The first-order valence-corrected chi connectivity index (χ1v) is 7.96. The highest BCUT2D eigenvalue weighted by Crippen LogP contribution is 2.11. The molecule has 2 heterocycles. The largest absolute Gasteiger partial charge is 0.348 e. The summed E-state index contributed by atoms with van der Waals surface area (Å²) in [5.41, 5.74) is 1.21. The lowest BCUT2D eigenvalue weighted by molar-refractivity contribution is -0.125. The van der Waals surface area contributed by atoms with Gasteiger partial charge in [-0.05, 0) is 24.6 Å². The van der Waals surface area contributed by atoms with Crippen LogP contribution < -0.4 is 10.6 Å². The maximum Gasteiger partial charge on any atom is 0.324 e. The molecule has 130 valence electrons. The van der Waals surface area contributed by atoms with Crippen molar-refractivity contribution < 1.29 is 14.4 Å². The van der Waals surface area contributed by atoms with Gasteiger partial charge in [-0.25, -0.2) is 9.78 Å². The van der Waals surface area contributed by atoms with Crippen LogP contribution in [0.1, 0.15) is 22.8 Å². The van der Waals surface area contributed by atoms with Crippen LogP contribution in [0.4, 0.5) is 4.79 Å². The van der Waals surface area contributed by atoms with Crippen LogP contribution in [0, 0.1) is 0 Å². The Morgan fingerprint density at radius 2 is 2.24 bits per heavy atom. The molecule has 1 unspecified atom stereocenters. The van der Waals surface area contributed by atoms with Gasteiger partial charge in [-0.2, -0.15) is 0 Å². The van der Waals surface area contributed by atoms with E-state index in [9.17, 15) is 14.4 Å². The lowest BCUT2D eigenvalue weighted by Gasteiger charge is -2.16. The van der Waals surface area contributed by atoms with Gasteiger partial charge >= 0.3 is 6.03 Å². The van der Waals surface area contributed by atoms with Gasteiger partial charge in [-0.15, -0.1) is 0 Å². The summed E-state index contributed by atoms with van der Waals surface area (Å²) >= 11 is 0. The standard InChI is InChI=1S/C17H19N5O3/c1-12(9-21-6-5-18-11-21)20-16(24)14-4-2-3-13(7-14)10-22-15(23)8-19-17(22)25/h2-7,11-12H,8-10H2,1H3,(H,19,25)(H,20,24). The van der Waals surface area contributed by atoms with Gasteiger partial charge in [0, 0.05) is 30.5 Å². The molecule has 0 aliphatic carbocycles. The minimum atomic E-state index is -0.409. The predicted molar refractivity (Wildman–Crippen MR) is 89.5 cm³/mol. The molecule has 8 nitrogen and oxygen atoms in total. The smallest absolute Gasteiger partial charge is 0.324 e. The summed E-state index contributed by atoms with van der Waals surface area (Å²) in [6, 6.07) is 6.44. The predicted octanol–water partition coefficient (Wildman–Crippen LogP) is 0.753. The van der Waals surface area contributed by atoms with Crippen LogP contribution in [-0.2, 0) is 17.9 Å². The summed E-state index contributed by atoms with van der Waals surface area (Å²) in [5, 5.41) is 5.40. The molecule has 1 fully saturated rings. The number of hydrogen-bond donors (Lipinski definition) is 2. The maximum absolute atomic E-state index is 12.4. The van der Waals surface area contributed by atoms with Crippen LogP contribution in [0.15, 0.2) is 43.0 Å². The molecule has 2 aromatic rings. The van der Waals surface area contributed by atoms with Crippen molar-refractivity contribution in [2.75, 3.05) is 6.54 Å². The average Bonchev–Trinajstić information content (AvgIpc) is 3.20. The third-order valence-electron chi connectivity index (χ3n) is 3.89. The SMILES string of the molecule is CC(Cn1ccnc1)NC(=O)c1cccc(CN2C(=O)CNC2=O)c1. The molecule has 25 heavy (non-hydrogen) atoms. The van der Waals surface area contributed by atoms with Crippen molar-refractivity contribution in [1.82, 2.24) is 25.1 Å². The minimum absolute atomic E-state index is 0.0186. The molecule has 0 bridgehead atoms. The fourth-order valence-electron chi connectivity index (χ4n) is 2.67. The van der Waals surface area contributed by atoms with Crippen LogP contribution >= 0.6 is 0 Å². The normalized spacial score (nSPS) is 15.2. The summed E-state index contributed by atoms with van der Waals surface area (Å²) in [7, 11) is 0. The maximum atomic E-state index is 12.4. The number of imide groups is 1. The number of imidazole rings is 1. The second-order valence-electron chi connectivity index (χ2n) is 5.97. The second-order valence-corrected chi connectivity index (χ2v) is 5.97. The van der Waals surface area contributed by atoms with Crippen LogP contribution in [-0.4, -0.2) is 44.9 Å². The van der Waals surface area contributed by atoms with E-state index in [1.807, 2.05) is 17.7 Å². The van der Waals surface area contributed by atoms with E-state index in [2.05, 4.69) is 15.6 Å². The molecule has 0 spiro atoms. The van der Waals surface area contributed by atoms with Crippen molar-refractivity contribution in [1.29, 1.82) is 0 Å². The number of nitrogens with zero attached hydrogens (tertiary/aromatic N) is 3. The molecule has 1 saturated heterocycles. The first-order chi connectivity index (χ1) is 12.0. The molecule has 8 heteroatoms. The zero-order chi connectivity index (χ0) is 17.8. The van der Waals surface area contributed by atoms with Crippen molar-refractivity contribution in [3.63, 3.8) is 0 Å². The number of urea groups is 1. The Hall–Kier alpha value is -3.16. The fourth-order valence-corrected chi connectivity index (χ4v) is 2.67. The topological polar surface area (TPSA) is 96.3 Å². The summed E-state index contributed by atoms with van der Waals surface area (Å²) in [6.45, 7) is 2.70. The van der Waals surface area contributed by atoms with Crippen LogP contribution in [0.25, 0.3) is 0 Å². The molecule has 4 amide bonds. The zero-order valence-electron chi connectivity index (χ0n) is 13.8. The molecular weight excluding hydrogens is 322 g/mol. The Labute approximate surface area is 144 Å². The molecule has 0 saturated carbocycles. The molecule has 1 aromatic carbocycles. The van der Waals surface area contributed by atoms with E-state index >= 15 is 0 Å². The van der Waals surface area contributed by atoms with Crippen molar-refractivity contribution in [2.45, 2.75) is 26.1 Å². The lowest BCUT2D eigenvalue weighted by Crippen LogP contribution is -2.35. The monoisotopic (exact) mass is 341 g/mol. The van der Waals surface area contributed by atoms with Gasteiger partial charge in [-0.3, -0.25) is 14.5 Å². The Kier molecular flexibility index (Phi) is 4.78. The van der Waals surface area contributed by atoms with E-state index in [1.165, 1.54) is 0 Å². The van der Waals surface area contributed by atoms with Gasteiger partial charge in [0.2, 0.25) is 5.91 Å². The van der Waals surface area contributed by atoms with Gasteiger partial charge in [-0.1, -0.05) is 12.1 Å². The first kappa shape index (κ1) is 16.7. The van der Waals surface area contributed by atoms with Gasteiger partial charge in [0.05, 0.1) is 19.4 Å².